The molecule has 1 aromatic carbocycles. The van der Waals surface area contributed by atoms with E-state index in [-0.39, 0.29) is 17.9 Å². The molecule has 4 N–H and O–H groups in total. The van der Waals surface area contributed by atoms with E-state index in [1.807, 2.05) is 51.1 Å². The number of nitrogens with zero attached hydrogens (tertiary/aromatic N) is 2. The number of carbonyl (C=O) groups excluding carboxylic acids is 2. The number of rotatable bonds is 5. The van der Waals surface area contributed by atoms with Crippen LogP contribution in [0.4, 0.5) is 11.4 Å². The fourth-order valence-corrected chi connectivity index (χ4v) is 6.03. The quantitative estimate of drug-likeness (QED) is 0.322. The molecule has 3 aromatic heterocycles. The maximum Gasteiger partial charge on any atom is 0.263 e. The van der Waals surface area contributed by atoms with E-state index in [0.29, 0.717) is 37.6 Å². The smallest absolute Gasteiger partial charge is 0.263 e. The molecule has 1 fully saturated rings. The number of benzene rings is 1. The summed E-state index contributed by atoms with van der Waals surface area (Å²) >= 11 is 1.27. The summed E-state index contributed by atoms with van der Waals surface area (Å²) in [5.74, 6) is -0.464. The van der Waals surface area contributed by atoms with Gasteiger partial charge in [-0.1, -0.05) is 36.6 Å². The Morgan fingerprint density at radius 2 is 1.86 bits per heavy atom. The van der Waals surface area contributed by atoms with Crippen molar-refractivity contribution in [2.75, 3.05) is 11.1 Å². The highest BCUT2D eigenvalue weighted by atomic mass is 32.1. The van der Waals surface area contributed by atoms with E-state index in [1.54, 1.807) is 12.4 Å². The number of aromatic nitrogens is 2. The van der Waals surface area contributed by atoms with Gasteiger partial charge in [-0.3, -0.25) is 14.6 Å². The number of hydrogen-bond donors (Lipinski definition) is 3. The molecule has 0 aliphatic heterocycles. The minimum atomic E-state index is -0.282. The summed E-state index contributed by atoms with van der Waals surface area (Å²) in [4.78, 5) is 36.9. The third kappa shape index (κ3) is 4.44. The first-order chi connectivity index (χ1) is 17.3. The van der Waals surface area contributed by atoms with Crippen LogP contribution in [0.1, 0.15) is 62.5 Å². The number of anilines is 2. The molecular formula is C28H29N5O2S. The number of nitrogens with one attached hydrogen (secondary N) is 2. The van der Waals surface area contributed by atoms with E-state index in [9.17, 15) is 9.59 Å². The average Bonchev–Trinajstić information content (AvgIpc) is 3.48. The van der Waals surface area contributed by atoms with Crippen LogP contribution in [0.15, 0.2) is 42.7 Å². The van der Waals surface area contributed by atoms with Gasteiger partial charge in [0.1, 0.15) is 9.71 Å². The van der Waals surface area contributed by atoms with Gasteiger partial charge in [-0.15, -0.1) is 11.3 Å². The fraction of sp³-hybridized carbons (Fsp3) is 0.286. The van der Waals surface area contributed by atoms with Crippen LogP contribution in [-0.4, -0.2) is 27.8 Å². The summed E-state index contributed by atoms with van der Waals surface area (Å²) in [6.07, 6.45) is 7.60. The highest BCUT2D eigenvalue weighted by Gasteiger charge is 2.28. The number of hydrogen-bond acceptors (Lipinski definition) is 6. The van der Waals surface area contributed by atoms with E-state index >= 15 is 0 Å². The summed E-state index contributed by atoms with van der Waals surface area (Å²) in [7, 11) is 0. The number of amides is 2. The Hall–Kier alpha value is -3.78. The molecule has 1 saturated carbocycles. The van der Waals surface area contributed by atoms with Crippen molar-refractivity contribution in [3.8, 4) is 11.1 Å². The Bertz CT molecular complexity index is 1470. The van der Waals surface area contributed by atoms with E-state index in [4.69, 9.17) is 10.7 Å². The molecule has 0 unspecified atom stereocenters. The molecule has 184 valence electrons. The molecule has 8 heteroatoms. The number of aryl methyl sites for hydroxylation is 3. The third-order valence-electron chi connectivity index (χ3n) is 6.76. The second-order valence-electron chi connectivity index (χ2n) is 9.44. The molecule has 0 bridgehead atoms. The second-order valence-corrected chi connectivity index (χ2v) is 10.4. The van der Waals surface area contributed by atoms with Gasteiger partial charge < -0.3 is 16.4 Å². The lowest BCUT2D eigenvalue weighted by atomic mass is 9.95. The van der Waals surface area contributed by atoms with Crippen molar-refractivity contribution in [3.63, 3.8) is 0 Å². The molecule has 1 aliphatic carbocycles. The van der Waals surface area contributed by atoms with Crippen molar-refractivity contribution in [3.05, 3.63) is 70.0 Å². The van der Waals surface area contributed by atoms with Crippen LogP contribution in [0.2, 0.25) is 0 Å². The van der Waals surface area contributed by atoms with E-state index in [2.05, 4.69) is 15.6 Å². The zero-order chi connectivity index (χ0) is 25.4. The standard InChI is InChI=1S/C28H29N5O2S/c1-15-10-11-20(16(2)13-15)33-26(34)21-17(3)31-28-23(22(21)18-7-6-12-30-14-18)24(29)25(36-28)27(35)32-19-8-4-5-9-19/h6-7,10-14,19H,4-5,8-9,29H2,1-3H3,(H,32,35)(H,33,34). The van der Waals surface area contributed by atoms with Crippen molar-refractivity contribution in [1.82, 2.24) is 15.3 Å². The van der Waals surface area contributed by atoms with Gasteiger partial charge in [0.25, 0.3) is 11.8 Å². The SMILES string of the molecule is Cc1ccc(NC(=O)c2c(C)nc3sc(C(=O)NC4CCCC4)c(N)c3c2-c2cccnc2)c(C)c1. The Morgan fingerprint density at radius 3 is 2.56 bits per heavy atom. The van der Waals surface area contributed by atoms with Crippen LogP contribution in [-0.2, 0) is 0 Å². The Kier molecular flexibility index (Phi) is 6.45. The maximum absolute atomic E-state index is 13.7. The van der Waals surface area contributed by atoms with E-state index < -0.39 is 0 Å². The Balaban J connectivity index is 1.65. The van der Waals surface area contributed by atoms with Gasteiger partial charge in [0.15, 0.2) is 0 Å². The maximum atomic E-state index is 13.7. The number of thiophene rings is 1. The number of pyridine rings is 2. The van der Waals surface area contributed by atoms with Gasteiger partial charge in [-0.05, 0) is 51.3 Å². The lowest BCUT2D eigenvalue weighted by molar-refractivity contribution is 0.0942. The van der Waals surface area contributed by atoms with E-state index in [0.717, 1.165) is 48.1 Å². The van der Waals surface area contributed by atoms with Crippen molar-refractivity contribution < 1.29 is 9.59 Å². The lowest BCUT2D eigenvalue weighted by Gasteiger charge is -2.16. The van der Waals surface area contributed by atoms with Crippen LogP contribution < -0.4 is 16.4 Å². The molecule has 4 aromatic rings. The molecule has 0 spiro atoms. The van der Waals surface area contributed by atoms with Crippen molar-refractivity contribution in [2.24, 2.45) is 0 Å². The molecule has 5 rings (SSSR count). The normalized spacial score (nSPS) is 13.8. The summed E-state index contributed by atoms with van der Waals surface area (Å²) in [5, 5.41) is 6.79. The van der Waals surface area contributed by atoms with Gasteiger partial charge >= 0.3 is 0 Å². The highest BCUT2D eigenvalue weighted by molar-refractivity contribution is 7.21. The number of carbonyl (C=O) groups is 2. The first kappa shape index (κ1) is 23.9. The Morgan fingerprint density at radius 1 is 1.08 bits per heavy atom. The van der Waals surface area contributed by atoms with Crippen LogP contribution in [0.3, 0.4) is 0 Å². The first-order valence-corrected chi connectivity index (χ1v) is 13.0. The first-order valence-electron chi connectivity index (χ1n) is 12.2. The van der Waals surface area contributed by atoms with Gasteiger partial charge in [0, 0.05) is 40.6 Å². The molecule has 36 heavy (non-hydrogen) atoms. The summed E-state index contributed by atoms with van der Waals surface area (Å²) in [6, 6.07) is 9.78. The van der Waals surface area contributed by atoms with Crippen LogP contribution in [0.5, 0.6) is 0 Å². The summed E-state index contributed by atoms with van der Waals surface area (Å²) in [5.41, 5.74) is 12.2. The third-order valence-corrected chi connectivity index (χ3v) is 7.86. The van der Waals surface area contributed by atoms with Crippen LogP contribution in [0.25, 0.3) is 21.3 Å². The Labute approximate surface area is 214 Å². The second kappa shape index (κ2) is 9.70. The summed E-state index contributed by atoms with van der Waals surface area (Å²) in [6.45, 7) is 5.79. The largest absolute Gasteiger partial charge is 0.397 e. The van der Waals surface area contributed by atoms with Gasteiger partial charge in [-0.2, -0.15) is 0 Å². The molecule has 0 saturated heterocycles. The minimum absolute atomic E-state index is 0.175. The molecule has 3 heterocycles. The van der Waals surface area contributed by atoms with Gasteiger partial charge in [-0.25, -0.2) is 4.98 Å². The summed E-state index contributed by atoms with van der Waals surface area (Å²) < 4.78 is 0. The minimum Gasteiger partial charge on any atom is -0.397 e. The molecule has 0 atom stereocenters. The number of nitrogens with two attached hydrogens (primary N) is 1. The fourth-order valence-electron chi connectivity index (χ4n) is 4.97. The molecular weight excluding hydrogens is 470 g/mol. The predicted octanol–water partition coefficient (Wildman–Crippen LogP) is 5.79. The van der Waals surface area contributed by atoms with Gasteiger partial charge in [0.2, 0.25) is 0 Å². The monoisotopic (exact) mass is 499 g/mol. The average molecular weight is 500 g/mol. The molecule has 7 nitrogen and oxygen atoms in total. The van der Waals surface area contributed by atoms with Crippen LogP contribution in [0, 0.1) is 20.8 Å². The number of nitrogen functional groups attached to an aromatic ring is 1. The zero-order valence-electron chi connectivity index (χ0n) is 20.6. The van der Waals surface area contributed by atoms with E-state index in [1.165, 1.54) is 11.3 Å². The van der Waals surface area contributed by atoms with Crippen molar-refractivity contribution in [2.45, 2.75) is 52.5 Å². The number of fused-ring (bicyclic) bond motifs is 1. The molecule has 0 radical (unpaired) electrons. The van der Waals surface area contributed by atoms with Crippen LogP contribution >= 0.6 is 11.3 Å². The zero-order valence-corrected chi connectivity index (χ0v) is 21.5. The van der Waals surface area contributed by atoms with Crippen molar-refractivity contribution in [1.29, 1.82) is 0 Å². The highest BCUT2D eigenvalue weighted by Crippen LogP contribution is 2.42. The topological polar surface area (TPSA) is 110 Å². The van der Waals surface area contributed by atoms with Crippen molar-refractivity contribution >= 4 is 44.7 Å². The predicted molar refractivity (Wildman–Crippen MR) is 146 cm³/mol. The molecule has 1 aliphatic rings. The van der Waals surface area contributed by atoms with Gasteiger partial charge in [0.05, 0.1) is 16.9 Å². The lowest BCUT2D eigenvalue weighted by Crippen LogP contribution is -2.32. The molecule has 2 amide bonds.